The summed E-state index contributed by atoms with van der Waals surface area (Å²) in [5.74, 6) is 1.82. The lowest BCUT2D eigenvalue weighted by molar-refractivity contribution is 0.00435. The summed E-state index contributed by atoms with van der Waals surface area (Å²) >= 11 is 0. The van der Waals surface area contributed by atoms with E-state index in [2.05, 4.69) is 16.7 Å². The molecule has 2 N–H and O–H groups in total. The second-order valence-corrected chi connectivity index (χ2v) is 6.73. The minimum atomic E-state index is 0.339. The molecule has 3 fully saturated rings. The van der Waals surface area contributed by atoms with Gasteiger partial charge in [0.1, 0.15) is 0 Å². The van der Waals surface area contributed by atoms with Gasteiger partial charge in [-0.1, -0.05) is 6.92 Å². The van der Waals surface area contributed by atoms with Gasteiger partial charge in [-0.15, -0.1) is 0 Å². The summed E-state index contributed by atoms with van der Waals surface area (Å²) in [4.78, 5) is 5.44. The average Bonchev–Trinajstić information content (AvgIpc) is 3.12. The molecule has 1 saturated carbocycles. The van der Waals surface area contributed by atoms with Crippen LogP contribution < -0.4 is 5.73 Å². The standard InChI is InChI=1S/C15H29N3/c1-2-7-18(10-13-3-4-13)15(12-16)6-9-17-8-5-14(15)11-17/h13-14H,2-12,16H2,1H3. The van der Waals surface area contributed by atoms with Gasteiger partial charge in [0, 0.05) is 25.2 Å². The van der Waals surface area contributed by atoms with Crippen LogP contribution in [0.5, 0.6) is 0 Å². The molecule has 1 aliphatic carbocycles. The van der Waals surface area contributed by atoms with Crippen molar-refractivity contribution in [1.82, 2.24) is 9.80 Å². The zero-order chi connectivity index (χ0) is 12.6. The second-order valence-electron chi connectivity index (χ2n) is 6.73. The first-order valence-corrected chi connectivity index (χ1v) is 7.96. The second kappa shape index (κ2) is 5.10. The number of hydrogen-bond acceptors (Lipinski definition) is 3. The van der Waals surface area contributed by atoms with Gasteiger partial charge in [0.05, 0.1) is 0 Å². The van der Waals surface area contributed by atoms with Crippen molar-refractivity contribution < 1.29 is 0 Å². The summed E-state index contributed by atoms with van der Waals surface area (Å²) in [5, 5.41) is 0. The van der Waals surface area contributed by atoms with Crippen LogP contribution in [0.25, 0.3) is 0 Å². The zero-order valence-electron chi connectivity index (χ0n) is 11.9. The maximum Gasteiger partial charge on any atom is 0.0384 e. The third kappa shape index (κ3) is 2.21. The Hall–Kier alpha value is -0.120. The van der Waals surface area contributed by atoms with Crippen LogP contribution in [0.15, 0.2) is 0 Å². The van der Waals surface area contributed by atoms with Gasteiger partial charge in [0.25, 0.3) is 0 Å². The van der Waals surface area contributed by atoms with E-state index < -0.39 is 0 Å². The van der Waals surface area contributed by atoms with Crippen LogP contribution in [0.3, 0.4) is 0 Å². The van der Waals surface area contributed by atoms with Crippen molar-refractivity contribution in [1.29, 1.82) is 0 Å². The van der Waals surface area contributed by atoms with E-state index in [1.165, 1.54) is 64.8 Å². The summed E-state index contributed by atoms with van der Waals surface area (Å²) in [6.07, 6.45) is 6.86. The van der Waals surface area contributed by atoms with Gasteiger partial charge in [-0.3, -0.25) is 4.90 Å². The Balaban J connectivity index is 1.77. The molecule has 18 heavy (non-hydrogen) atoms. The summed E-state index contributed by atoms with van der Waals surface area (Å²) in [6, 6.07) is 0. The summed E-state index contributed by atoms with van der Waals surface area (Å²) < 4.78 is 0. The maximum absolute atomic E-state index is 6.29. The van der Waals surface area contributed by atoms with Crippen molar-refractivity contribution in [2.24, 2.45) is 17.6 Å². The topological polar surface area (TPSA) is 32.5 Å². The highest BCUT2D eigenvalue weighted by Crippen LogP contribution is 2.41. The molecule has 0 amide bonds. The van der Waals surface area contributed by atoms with Gasteiger partial charge in [-0.25, -0.2) is 0 Å². The van der Waals surface area contributed by atoms with Crippen molar-refractivity contribution in [3.63, 3.8) is 0 Å². The van der Waals surface area contributed by atoms with Crippen LogP contribution in [0.2, 0.25) is 0 Å². The first-order valence-electron chi connectivity index (χ1n) is 7.96. The highest BCUT2D eigenvalue weighted by atomic mass is 15.3. The molecule has 0 radical (unpaired) electrons. The fourth-order valence-corrected chi connectivity index (χ4v) is 4.22. The number of nitrogens with two attached hydrogens (primary N) is 1. The lowest BCUT2D eigenvalue weighted by Gasteiger charge is -2.50. The smallest absolute Gasteiger partial charge is 0.0384 e. The quantitative estimate of drug-likeness (QED) is 0.777. The highest BCUT2D eigenvalue weighted by Gasteiger charge is 2.49. The molecule has 0 aromatic rings. The van der Waals surface area contributed by atoms with Crippen molar-refractivity contribution in [3.8, 4) is 0 Å². The molecule has 3 unspecified atom stereocenters. The van der Waals surface area contributed by atoms with Gasteiger partial charge in [0.2, 0.25) is 0 Å². The molecule has 3 heteroatoms. The van der Waals surface area contributed by atoms with Crippen molar-refractivity contribution in [3.05, 3.63) is 0 Å². The van der Waals surface area contributed by atoms with E-state index in [0.29, 0.717) is 5.54 Å². The van der Waals surface area contributed by atoms with Crippen molar-refractivity contribution in [2.75, 3.05) is 39.3 Å². The molecule has 2 heterocycles. The Kier molecular flexibility index (Phi) is 3.65. The van der Waals surface area contributed by atoms with Crippen LogP contribution in [0.1, 0.15) is 39.0 Å². The lowest BCUT2D eigenvalue weighted by Crippen LogP contribution is -2.62. The predicted octanol–water partition coefficient (Wildman–Crippen LogP) is 1.53. The number of fused-ring (bicyclic) bond motifs is 2. The van der Waals surface area contributed by atoms with Gasteiger partial charge in [0.15, 0.2) is 0 Å². The fraction of sp³-hybridized carbons (Fsp3) is 1.00. The first-order chi connectivity index (χ1) is 8.78. The molecular formula is C15H29N3. The van der Waals surface area contributed by atoms with E-state index in [0.717, 1.165) is 18.4 Å². The largest absolute Gasteiger partial charge is 0.329 e. The summed E-state index contributed by atoms with van der Waals surface area (Å²) in [5.41, 5.74) is 6.63. The Bertz CT molecular complexity index is 289. The summed E-state index contributed by atoms with van der Waals surface area (Å²) in [6.45, 7) is 9.66. The average molecular weight is 251 g/mol. The third-order valence-corrected chi connectivity index (χ3v) is 5.55. The number of nitrogens with zero attached hydrogens (tertiary/aromatic N) is 2. The van der Waals surface area contributed by atoms with Crippen LogP contribution in [0.4, 0.5) is 0 Å². The molecule has 0 aromatic carbocycles. The van der Waals surface area contributed by atoms with Crippen LogP contribution in [-0.2, 0) is 0 Å². The molecule has 0 aromatic heterocycles. The molecule has 3 rings (SSSR count). The highest BCUT2D eigenvalue weighted by molar-refractivity contribution is 5.05. The summed E-state index contributed by atoms with van der Waals surface area (Å²) in [7, 11) is 0. The van der Waals surface area contributed by atoms with Crippen LogP contribution in [-0.4, -0.2) is 54.6 Å². The van der Waals surface area contributed by atoms with Gasteiger partial charge in [-0.2, -0.15) is 0 Å². The molecule has 2 aliphatic heterocycles. The normalized spacial score (nSPS) is 39.5. The Morgan fingerprint density at radius 3 is 2.78 bits per heavy atom. The predicted molar refractivity (Wildman–Crippen MR) is 75.5 cm³/mol. The molecule has 0 spiro atoms. The Labute approximate surface area is 112 Å². The third-order valence-electron chi connectivity index (χ3n) is 5.55. The lowest BCUT2D eigenvalue weighted by atomic mass is 9.77. The number of hydrogen-bond donors (Lipinski definition) is 1. The van der Waals surface area contributed by atoms with E-state index in [9.17, 15) is 0 Å². The van der Waals surface area contributed by atoms with E-state index in [1.54, 1.807) is 0 Å². The van der Waals surface area contributed by atoms with E-state index in [-0.39, 0.29) is 0 Å². The molecule has 3 atom stereocenters. The van der Waals surface area contributed by atoms with E-state index >= 15 is 0 Å². The van der Waals surface area contributed by atoms with E-state index in [1.807, 2.05) is 0 Å². The first kappa shape index (κ1) is 12.9. The van der Waals surface area contributed by atoms with Crippen molar-refractivity contribution in [2.45, 2.75) is 44.6 Å². The number of piperidine rings is 1. The van der Waals surface area contributed by atoms with E-state index in [4.69, 9.17) is 5.73 Å². The molecular weight excluding hydrogens is 222 g/mol. The molecule has 3 aliphatic rings. The van der Waals surface area contributed by atoms with Crippen LogP contribution in [0, 0.1) is 11.8 Å². The zero-order valence-corrected chi connectivity index (χ0v) is 11.9. The van der Waals surface area contributed by atoms with Crippen LogP contribution >= 0.6 is 0 Å². The molecule has 2 bridgehead atoms. The molecule has 104 valence electrons. The molecule has 2 saturated heterocycles. The minimum absolute atomic E-state index is 0.339. The number of rotatable bonds is 6. The Morgan fingerprint density at radius 1 is 1.28 bits per heavy atom. The van der Waals surface area contributed by atoms with Crippen molar-refractivity contribution >= 4 is 0 Å². The van der Waals surface area contributed by atoms with Gasteiger partial charge in [-0.05, 0) is 63.6 Å². The maximum atomic E-state index is 6.29. The Morgan fingerprint density at radius 2 is 2.11 bits per heavy atom. The minimum Gasteiger partial charge on any atom is -0.329 e. The fourth-order valence-electron chi connectivity index (χ4n) is 4.22. The molecule has 3 nitrogen and oxygen atoms in total. The van der Waals surface area contributed by atoms with Gasteiger partial charge < -0.3 is 10.6 Å². The van der Waals surface area contributed by atoms with Gasteiger partial charge >= 0.3 is 0 Å². The monoisotopic (exact) mass is 251 g/mol. The SMILES string of the molecule is CCCN(CC1CC1)C1(CN)CCN2CCC1C2.